The zero-order valence-electron chi connectivity index (χ0n) is 9.40. The first-order valence-electron chi connectivity index (χ1n) is 5.38. The molecule has 1 aliphatic rings. The Morgan fingerprint density at radius 1 is 1.35 bits per heavy atom. The van der Waals surface area contributed by atoms with Gasteiger partial charge < -0.3 is 15.2 Å². The van der Waals surface area contributed by atoms with Crippen LogP contribution in [0.3, 0.4) is 0 Å². The second-order valence-electron chi connectivity index (χ2n) is 3.88. The third kappa shape index (κ3) is 2.38. The third-order valence-corrected chi connectivity index (χ3v) is 2.53. The Labute approximate surface area is 98.4 Å². The van der Waals surface area contributed by atoms with Crippen molar-refractivity contribution in [2.45, 2.75) is 18.9 Å². The lowest BCUT2D eigenvalue weighted by atomic mass is 10.1. The Bertz CT molecular complexity index is 466. The van der Waals surface area contributed by atoms with Crippen molar-refractivity contribution in [2.75, 3.05) is 7.05 Å². The van der Waals surface area contributed by atoms with Gasteiger partial charge in [0.15, 0.2) is 0 Å². The number of aromatic carboxylic acids is 1. The van der Waals surface area contributed by atoms with Gasteiger partial charge in [-0.2, -0.15) is 0 Å². The van der Waals surface area contributed by atoms with E-state index in [0.29, 0.717) is 0 Å². The quantitative estimate of drug-likeness (QED) is 0.824. The molecule has 1 fully saturated rings. The fourth-order valence-corrected chi connectivity index (χ4v) is 1.50. The zero-order valence-corrected chi connectivity index (χ0v) is 9.40. The van der Waals surface area contributed by atoms with Crippen molar-refractivity contribution < 1.29 is 19.4 Å². The van der Waals surface area contributed by atoms with Crippen LogP contribution < -0.4 is 10.1 Å². The van der Waals surface area contributed by atoms with Crippen LogP contribution in [0.5, 0.6) is 5.75 Å². The van der Waals surface area contributed by atoms with E-state index in [2.05, 4.69) is 5.32 Å². The second kappa shape index (κ2) is 4.45. The molecule has 0 aliphatic heterocycles. The minimum absolute atomic E-state index is 0.0259. The molecular weight excluding hydrogens is 222 g/mol. The Kier molecular flexibility index (Phi) is 2.99. The van der Waals surface area contributed by atoms with Crippen molar-refractivity contribution in [2.24, 2.45) is 0 Å². The number of hydrogen-bond acceptors (Lipinski definition) is 3. The van der Waals surface area contributed by atoms with E-state index in [-0.39, 0.29) is 28.9 Å². The molecule has 5 heteroatoms. The number of para-hydroxylation sites is 1. The molecule has 0 saturated heterocycles. The predicted octanol–water partition coefficient (Wildman–Crippen LogP) is 1.29. The average molecular weight is 235 g/mol. The van der Waals surface area contributed by atoms with Crippen molar-refractivity contribution in [3.05, 3.63) is 29.3 Å². The molecule has 2 N–H and O–H groups in total. The monoisotopic (exact) mass is 235 g/mol. The minimum Gasteiger partial charge on any atom is -0.489 e. The zero-order chi connectivity index (χ0) is 12.4. The van der Waals surface area contributed by atoms with Crippen molar-refractivity contribution in [3.8, 4) is 5.75 Å². The number of rotatable bonds is 4. The lowest BCUT2D eigenvalue weighted by molar-refractivity contribution is 0.0692. The maximum Gasteiger partial charge on any atom is 0.339 e. The SMILES string of the molecule is CNC(=O)c1cccc(C(=O)O)c1OC1CC1. The number of carboxylic acids is 1. The number of carbonyl (C=O) groups excluding carboxylic acids is 1. The van der Waals surface area contributed by atoms with Crippen LogP contribution in [0.15, 0.2) is 18.2 Å². The van der Waals surface area contributed by atoms with Gasteiger partial charge in [0.2, 0.25) is 0 Å². The van der Waals surface area contributed by atoms with Crippen molar-refractivity contribution >= 4 is 11.9 Å². The number of hydrogen-bond donors (Lipinski definition) is 2. The summed E-state index contributed by atoms with van der Waals surface area (Å²) in [4.78, 5) is 22.7. The number of carboxylic acid groups (broad SMARTS) is 1. The third-order valence-electron chi connectivity index (χ3n) is 2.53. The van der Waals surface area contributed by atoms with Crippen molar-refractivity contribution in [3.63, 3.8) is 0 Å². The van der Waals surface area contributed by atoms with Gasteiger partial charge in [-0.3, -0.25) is 4.79 Å². The summed E-state index contributed by atoms with van der Waals surface area (Å²) < 4.78 is 5.53. The molecule has 0 spiro atoms. The Morgan fingerprint density at radius 2 is 2.00 bits per heavy atom. The topological polar surface area (TPSA) is 75.6 Å². The summed E-state index contributed by atoms with van der Waals surface area (Å²) in [5.41, 5.74) is 0.289. The van der Waals surface area contributed by atoms with Gasteiger partial charge in [-0.25, -0.2) is 4.79 Å². The molecule has 2 rings (SSSR count). The van der Waals surface area contributed by atoms with Gasteiger partial charge in [-0.05, 0) is 25.0 Å². The Morgan fingerprint density at radius 3 is 2.53 bits per heavy atom. The number of ether oxygens (including phenoxy) is 1. The predicted molar refractivity (Wildman–Crippen MR) is 60.4 cm³/mol. The first-order valence-corrected chi connectivity index (χ1v) is 5.38. The highest BCUT2D eigenvalue weighted by atomic mass is 16.5. The molecule has 1 saturated carbocycles. The van der Waals surface area contributed by atoms with Gasteiger partial charge in [0.05, 0.1) is 11.7 Å². The first kappa shape index (κ1) is 11.4. The van der Waals surface area contributed by atoms with E-state index in [1.54, 1.807) is 6.07 Å². The molecule has 1 aromatic carbocycles. The fraction of sp³-hybridized carbons (Fsp3) is 0.333. The molecule has 1 amide bonds. The molecule has 0 heterocycles. The average Bonchev–Trinajstić information content (AvgIpc) is 3.12. The van der Waals surface area contributed by atoms with Crippen LogP contribution in [-0.2, 0) is 0 Å². The van der Waals surface area contributed by atoms with Crippen LogP contribution in [0, 0.1) is 0 Å². The van der Waals surface area contributed by atoms with Crippen LogP contribution in [0.2, 0.25) is 0 Å². The summed E-state index contributed by atoms with van der Waals surface area (Å²) in [6, 6.07) is 4.53. The molecule has 90 valence electrons. The van der Waals surface area contributed by atoms with E-state index >= 15 is 0 Å². The van der Waals surface area contributed by atoms with Crippen LogP contribution in [-0.4, -0.2) is 30.1 Å². The second-order valence-corrected chi connectivity index (χ2v) is 3.88. The molecular formula is C12H13NO4. The smallest absolute Gasteiger partial charge is 0.339 e. The molecule has 1 aliphatic carbocycles. The lowest BCUT2D eigenvalue weighted by Crippen LogP contribution is -2.20. The molecule has 0 atom stereocenters. The van der Waals surface area contributed by atoms with Gasteiger partial charge in [0.1, 0.15) is 11.3 Å². The van der Waals surface area contributed by atoms with E-state index in [0.717, 1.165) is 12.8 Å². The van der Waals surface area contributed by atoms with E-state index in [1.807, 2.05) is 0 Å². The summed E-state index contributed by atoms with van der Waals surface area (Å²) >= 11 is 0. The highest BCUT2D eigenvalue weighted by molar-refractivity contribution is 6.01. The van der Waals surface area contributed by atoms with E-state index < -0.39 is 5.97 Å². The maximum absolute atomic E-state index is 11.6. The lowest BCUT2D eigenvalue weighted by Gasteiger charge is -2.12. The summed E-state index contributed by atoms with van der Waals surface area (Å²) in [5, 5.41) is 11.5. The van der Waals surface area contributed by atoms with E-state index in [9.17, 15) is 9.59 Å². The van der Waals surface area contributed by atoms with Crippen LogP contribution in [0.25, 0.3) is 0 Å². The molecule has 0 unspecified atom stereocenters. The summed E-state index contributed by atoms with van der Waals surface area (Å²) in [7, 11) is 1.50. The normalized spacial score (nSPS) is 14.2. The number of benzene rings is 1. The van der Waals surface area contributed by atoms with Crippen LogP contribution in [0.1, 0.15) is 33.6 Å². The number of amides is 1. The van der Waals surface area contributed by atoms with Crippen LogP contribution in [0.4, 0.5) is 0 Å². The van der Waals surface area contributed by atoms with Gasteiger partial charge in [0.25, 0.3) is 5.91 Å². The molecule has 5 nitrogen and oxygen atoms in total. The fourth-order valence-electron chi connectivity index (χ4n) is 1.50. The van der Waals surface area contributed by atoms with Gasteiger partial charge in [0, 0.05) is 7.05 Å². The van der Waals surface area contributed by atoms with Gasteiger partial charge >= 0.3 is 5.97 Å². The van der Waals surface area contributed by atoms with Crippen molar-refractivity contribution in [1.29, 1.82) is 0 Å². The molecule has 0 radical (unpaired) electrons. The molecule has 17 heavy (non-hydrogen) atoms. The molecule has 0 aromatic heterocycles. The van der Waals surface area contributed by atoms with Gasteiger partial charge in [-0.15, -0.1) is 0 Å². The highest BCUT2D eigenvalue weighted by Crippen LogP contribution is 2.32. The number of carbonyl (C=O) groups is 2. The number of nitrogens with one attached hydrogen (secondary N) is 1. The highest BCUT2D eigenvalue weighted by Gasteiger charge is 2.28. The Balaban J connectivity index is 2.45. The molecule has 1 aromatic rings. The summed E-state index contributed by atoms with van der Waals surface area (Å²) in [6.07, 6.45) is 1.85. The maximum atomic E-state index is 11.6. The Hall–Kier alpha value is -2.04. The molecule has 0 bridgehead atoms. The van der Waals surface area contributed by atoms with Crippen molar-refractivity contribution in [1.82, 2.24) is 5.32 Å². The largest absolute Gasteiger partial charge is 0.489 e. The standard InChI is InChI=1S/C12H13NO4/c1-13-11(14)8-3-2-4-9(12(15)16)10(8)17-7-5-6-7/h2-4,7H,5-6H2,1H3,(H,13,14)(H,15,16). The van der Waals surface area contributed by atoms with E-state index in [1.165, 1.54) is 19.2 Å². The minimum atomic E-state index is -1.09. The van der Waals surface area contributed by atoms with Crippen LogP contribution >= 0.6 is 0 Å². The van der Waals surface area contributed by atoms with E-state index in [4.69, 9.17) is 9.84 Å². The summed E-state index contributed by atoms with van der Waals surface area (Å²) in [6.45, 7) is 0. The summed E-state index contributed by atoms with van der Waals surface area (Å²) in [5.74, 6) is -1.27. The van der Waals surface area contributed by atoms with Gasteiger partial charge in [-0.1, -0.05) is 6.07 Å². The first-order chi connectivity index (χ1) is 8.13.